The summed E-state index contributed by atoms with van der Waals surface area (Å²) in [7, 11) is 0. The SMILES string of the molecule is CCCCC1(CC)CC(NCC)c2cc(Cl)ccc2O1. The zero-order valence-corrected chi connectivity index (χ0v) is 13.6. The van der Waals surface area contributed by atoms with Gasteiger partial charge >= 0.3 is 0 Å². The van der Waals surface area contributed by atoms with E-state index in [0.717, 1.165) is 36.6 Å². The number of rotatable bonds is 6. The van der Waals surface area contributed by atoms with Crippen molar-refractivity contribution in [2.75, 3.05) is 6.54 Å². The van der Waals surface area contributed by atoms with Crippen LogP contribution in [0.15, 0.2) is 18.2 Å². The first kappa shape index (κ1) is 15.7. The average molecular weight is 296 g/mol. The maximum absolute atomic E-state index is 6.40. The predicted molar refractivity (Wildman–Crippen MR) is 85.7 cm³/mol. The lowest BCUT2D eigenvalue weighted by molar-refractivity contribution is 0.0168. The molecule has 2 rings (SSSR count). The molecule has 0 aromatic heterocycles. The molecule has 3 heteroatoms. The predicted octanol–water partition coefficient (Wildman–Crippen LogP) is 5.11. The summed E-state index contributed by atoms with van der Waals surface area (Å²) >= 11 is 6.15. The van der Waals surface area contributed by atoms with Gasteiger partial charge in [0.15, 0.2) is 0 Å². The maximum atomic E-state index is 6.40. The third kappa shape index (κ3) is 3.29. The summed E-state index contributed by atoms with van der Waals surface area (Å²) in [6.07, 6.45) is 5.64. The van der Waals surface area contributed by atoms with Gasteiger partial charge in [-0.15, -0.1) is 0 Å². The zero-order valence-electron chi connectivity index (χ0n) is 12.8. The Kier molecular flexibility index (Phi) is 5.34. The van der Waals surface area contributed by atoms with E-state index >= 15 is 0 Å². The molecule has 2 unspecified atom stereocenters. The van der Waals surface area contributed by atoms with Crippen LogP contribution in [-0.4, -0.2) is 12.1 Å². The first-order valence-electron chi connectivity index (χ1n) is 7.86. The second-order valence-corrected chi connectivity index (χ2v) is 6.18. The van der Waals surface area contributed by atoms with Crippen molar-refractivity contribution in [1.29, 1.82) is 0 Å². The fourth-order valence-electron chi connectivity index (χ4n) is 3.12. The Morgan fingerprint density at radius 3 is 2.80 bits per heavy atom. The molecule has 1 heterocycles. The highest BCUT2D eigenvalue weighted by molar-refractivity contribution is 6.30. The number of fused-ring (bicyclic) bond motifs is 1. The van der Waals surface area contributed by atoms with Gasteiger partial charge in [-0.3, -0.25) is 0 Å². The van der Waals surface area contributed by atoms with Crippen molar-refractivity contribution in [1.82, 2.24) is 5.32 Å². The van der Waals surface area contributed by atoms with Crippen LogP contribution < -0.4 is 10.1 Å². The summed E-state index contributed by atoms with van der Waals surface area (Å²) in [4.78, 5) is 0. The standard InChI is InChI=1S/C17H26ClNO/c1-4-7-10-17(5-2)12-15(19-6-3)14-11-13(18)8-9-16(14)20-17/h8-9,11,15,19H,4-7,10,12H2,1-3H3. The lowest BCUT2D eigenvalue weighted by atomic mass is 9.82. The Hall–Kier alpha value is -0.730. The van der Waals surface area contributed by atoms with Crippen LogP contribution in [-0.2, 0) is 0 Å². The third-order valence-corrected chi connectivity index (χ3v) is 4.57. The van der Waals surface area contributed by atoms with Gasteiger partial charge in [0.25, 0.3) is 0 Å². The van der Waals surface area contributed by atoms with E-state index in [2.05, 4.69) is 26.1 Å². The number of benzene rings is 1. The third-order valence-electron chi connectivity index (χ3n) is 4.33. The molecule has 112 valence electrons. The highest BCUT2D eigenvalue weighted by atomic mass is 35.5. The summed E-state index contributed by atoms with van der Waals surface area (Å²) in [5.41, 5.74) is 1.18. The molecule has 0 saturated carbocycles. The second kappa shape index (κ2) is 6.82. The summed E-state index contributed by atoms with van der Waals surface area (Å²) in [6, 6.07) is 6.34. The normalized spacial score (nSPS) is 25.1. The van der Waals surface area contributed by atoms with Gasteiger partial charge < -0.3 is 10.1 Å². The minimum Gasteiger partial charge on any atom is -0.487 e. The number of nitrogens with one attached hydrogen (secondary N) is 1. The van der Waals surface area contributed by atoms with Gasteiger partial charge in [0, 0.05) is 23.0 Å². The van der Waals surface area contributed by atoms with E-state index < -0.39 is 0 Å². The van der Waals surface area contributed by atoms with Crippen LogP contribution >= 0.6 is 11.6 Å². The van der Waals surface area contributed by atoms with Crippen LogP contribution in [0.3, 0.4) is 0 Å². The van der Waals surface area contributed by atoms with E-state index in [0.29, 0.717) is 6.04 Å². The first-order valence-corrected chi connectivity index (χ1v) is 8.23. The molecule has 1 aromatic carbocycles. The van der Waals surface area contributed by atoms with Crippen LogP contribution in [0.5, 0.6) is 5.75 Å². The van der Waals surface area contributed by atoms with Crippen LogP contribution in [0.2, 0.25) is 5.02 Å². The summed E-state index contributed by atoms with van der Waals surface area (Å²) < 4.78 is 6.40. The Balaban J connectivity index is 2.31. The smallest absolute Gasteiger partial charge is 0.125 e. The minimum atomic E-state index is -0.0241. The topological polar surface area (TPSA) is 21.3 Å². The summed E-state index contributed by atoms with van der Waals surface area (Å²) in [5, 5.41) is 4.38. The Labute approximate surface area is 127 Å². The molecule has 0 saturated heterocycles. The van der Waals surface area contributed by atoms with Gasteiger partial charge in [-0.2, -0.15) is 0 Å². The zero-order chi connectivity index (χ0) is 14.6. The number of hydrogen-bond donors (Lipinski definition) is 1. The molecule has 2 atom stereocenters. The van der Waals surface area contributed by atoms with E-state index in [1.165, 1.54) is 18.4 Å². The lowest BCUT2D eigenvalue weighted by Crippen LogP contribution is -2.43. The van der Waals surface area contributed by atoms with Crippen LogP contribution in [0.25, 0.3) is 0 Å². The van der Waals surface area contributed by atoms with Crippen molar-refractivity contribution in [3.8, 4) is 5.75 Å². The minimum absolute atomic E-state index is 0.0241. The van der Waals surface area contributed by atoms with Crippen molar-refractivity contribution in [3.63, 3.8) is 0 Å². The highest BCUT2D eigenvalue weighted by Gasteiger charge is 2.38. The fraction of sp³-hybridized carbons (Fsp3) is 0.647. The molecule has 0 bridgehead atoms. The molecule has 0 spiro atoms. The molecule has 1 N–H and O–H groups in total. The number of unbranched alkanes of at least 4 members (excludes halogenated alkanes) is 1. The summed E-state index contributed by atoms with van der Waals surface area (Å²) in [5.74, 6) is 1.00. The van der Waals surface area contributed by atoms with E-state index in [4.69, 9.17) is 16.3 Å². The van der Waals surface area contributed by atoms with Crippen LogP contribution in [0.4, 0.5) is 0 Å². The van der Waals surface area contributed by atoms with Crippen LogP contribution in [0.1, 0.15) is 64.5 Å². The van der Waals surface area contributed by atoms with Crippen molar-refractivity contribution in [2.45, 2.75) is 64.5 Å². The van der Waals surface area contributed by atoms with E-state index in [1.54, 1.807) is 0 Å². The van der Waals surface area contributed by atoms with Crippen molar-refractivity contribution in [2.24, 2.45) is 0 Å². The van der Waals surface area contributed by atoms with Gasteiger partial charge in [-0.1, -0.05) is 38.8 Å². The average Bonchev–Trinajstić information content (AvgIpc) is 2.46. The maximum Gasteiger partial charge on any atom is 0.125 e. The quantitative estimate of drug-likeness (QED) is 0.787. The van der Waals surface area contributed by atoms with Crippen molar-refractivity contribution in [3.05, 3.63) is 28.8 Å². The van der Waals surface area contributed by atoms with E-state index in [9.17, 15) is 0 Å². The molecule has 1 aliphatic rings. The van der Waals surface area contributed by atoms with Gasteiger partial charge in [-0.05, 0) is 44.0 Å². The van der Waals surface area contributed by atoms with Crippen molar-refractivity contribution < 1.29 is 4.74 Å². The second-order valence-electron chi connectivity index (χ2n) is 5.74. The van der Waals surface area contributed by atoms with E-state index in [1.807, 2.05) is 18.2 Å². The molecule has 0 fully saturated rings. The summed E-state index contributed by atoms with van der Waals surface area (Å²) in [6.45, 7) is 7.59. The van der Waals surface area contributed by atoms with Gasteiger partial charge in [-0.25, -0.2) is 0 Å². The highest BCUT2D eigenvalue weighted by Crippen LogP contribution is 2.44. The number of halogens is 1. The van der Waals surface area contributed by atoms with Crippen molar-refractivity contribution >= 4 is 11.6 Å². The first-order chi connectivity index (χ1) is 9.64. The molecule has 20 heavy (non-hydrogen) atoms. The monoisotopic (exact) mass is 295 g/mol. The number of hydrogen-bond acceptors (Lipinski definition) is 2. The van der Waals surface area contributed by atoms with E-state index in [-0.39, 0.29) is 5.60 Å². The Bertz CT molecular complexity index is 449. The molecule has 0 amide bonds. The Morgan fingerprint density at radius 2 is 2.15 bits per heavy atom. The van der Waals surface area contributed by atoms with Crippen LogP contribution in [0, 0.1) is 0 Å². The molecule has 0 aliphatic carbocycles. The molecule has 1 aromatic rings. The number of ether oxygens (including phenoxy) is 1. The molecule has 0 radical (unpaired) electrons. The van der Waals surface area contributed by atoms with Gasteiger partial charge in [0.1, 0.15) is 11.4 Å². The van der Waals surface area contributed by atoms with Gasteiger partial charge in [0.2, 0.25) is 0 Å². The molecular formula is C17H26ClNO. The lowest BCUT2D eigenvalue weighted by Gasteiger charge is -2.42. The molecular weight excluding hydrogens is 270 g/mol. The Morgan fingerprint density at radius 1 is 1.35 bits per heavy atom. The molecule has 2 nitrogen and oxygen atoms in total. The van der Waals surface area contributed by atoms with Gasteiger partial charge in [0.05, 0.1) is 0 Å². The fourth-order valence-corrected chi connectivity index (χ4v) is 3.30. The largest absolute Gasteiger partial charge is 0.487 e. The molecule has 1 aliphatic heterocycles.